The van der Waals surface area contributed by atoms with Gasteiger partial charge in [0.25, 0.3) is 0 Å². The Labute approximate surface area is 211 Å². The maximum Gasteiger partial charge on any atom is 0.142 e. The van der Waals surface area contributed by atoms with Gasteiger partial charge >= 0.3 is 0 Å². The van der Waals surface area contributed by atoms with Crippen molar-refractivity contribution in [3.63, 3.8) is 0 Å². The highest BCUT2D eigenvalue weighted by Crippen LogP contribution is 2.84. The fourth-order valence-electron chi connectivity index (χ4n) is 6.36. The fourth-order valence-corrected chi connectivity index (χ4v) is 6.36. The normalized spacial score (nSPS) is 25.2. The van der Waals surface area contributed by atoms with Crippen molar-refractivity contribution in [2.75, 3.05) is 27.2 Å². The Morgan fingerprint density at radius 3 is 2.44 bits per heavy atom. The first-order valence-corrected chi connectivity index (χ1v) is 12.8. The van der Waals surface area contributed by atoms with Crippen molar-refractivity contribution in [2.45, 2.75) is 30.3 Å². The molecule has 2 aromatic heterocycles. The Balaban J connectivity index is 1.23. The van der Waals surface area contributed by atoms with E-state index < -0.39 is 5.60 Å². The lowest BCUT2D eigenvalue weighted by Gasteiger charge is -2.20. The van der Waals surface area contributed by atoms with E-state index in [0.717, 1.165) is 65.3 Å². The van der Waals surface area contributed by atoms with Gasteiger partial charge in [-0.1, -0.05) is 18.2 Å². The Bertz CT molecular complexity index is 1440. The van der Waals surface area contributed by atoms with Gasteiger partial charge < -0.3 is 19.2 Å². The molecular formula is C31H30N2O3. The molecule has 182 valence electrons. The van der Waals surface area contributed by atoms with Crippen LogP contribution in [0.4, 0.5) is 0 Å². The second-order valence-corrected chi connectivity index (χ2v) is 10.8. The van der Waals surface area contributed by atoms with Gasteiger partial charge in [0.05, 0.1) is 5.60 Å². The van der Waals surface area contributed by atoms with Gasteiger partial charge in [0.2, 0.25) is 0 Å². The molecule has 2 fully saturated rings. The molecule has 2 aromatic carbocycles. The van der Waals surface area contributed by atoms with Crippen LogP contribution in [0.2, 0.25) is 0 Å². The van der Waals surface area contributed by atoms with E-state index in [-0.39, 0.29) is 5.41 Å². The van der Waals surface area contributed by atoms with E-state index in [1.807, 2.05) is 38.4 Å². The van der Waals surface area contributed by atoms with Crippen molar-refractivity contribution in [1.29, 1.82) is 0 Å². The van der Waals surface area contributed by atoms with E-state index in [1.165, 1.54) is 11.1 Å². The monoisotopic (exact) mass is 478 g/mol. The Morgan fingerprint density at radius 2 is 1.75 bits per heavy atom. The second kappa shape index (κ2) is 7.79. The predicted octanol–water partition coefficient (Wildman–Crippen LogP) is 5.56. The SMILES string of the molecule is CN(C)CCOc1ccc(-c2cc(-c3ccc4c(c3)CCC43C4CC43O)c(-c3ccncc3)o2)cc1. The van der Waals surface area contributed by atoms with E-state index in [4.69, 9.17) is 9.15 Å². The van der Waals surface area contributed by atoms with Crippen LogP contribution in [-0.2, 0) is 11.8 Å². The molecule has 3 aliphatic carbocycles. The molecule has 0 radical (unpaired) electrons. The van der Waals surface area contributed by atoms with Crippen LogP contribution in [0.3, 0.4) is 0 Å². The van der Waals surface area contributed by atoms with Crippen molar-refractivity contribution in [1.82, 2.24) is 9.88 Å². The lowest BCUT2D eigenvalue weighted by atomic mass is 9.85. The van der Waals surface area contributed by atoms with Gasteiger partial charge in [-0.15, -0.1) is 0 Å². The van der Waals surface area contributed by atoms with E-state index >= 15 is 0 Å². The summed E-state index contributed by atoms with van der Waals surface area (Å²) in [6.07, 6.45) is 6.68. The number of hydrogen-bond donors (Lipinski definition) is 1. The number of benzene rings is 2. The molecule has 36 heavy (non-hydrogen) atoms. The van der Waals surface area contributed by atoms with Gasteiger partial charge in [-0.25, -0.2) is 0 Å². The van der Waals surface area contributed by atoms with Gasteiger partial charge in [0, 0.05) is 47.0 Å². The minimum atomic E-state index is -0.410. The molecule has 1 spiro atoms. The largest absolute Gasteiger partial charge is 0.492 e. The molecule has 1 N–H and O–H groups in total. The smallest absolute Gasteiger partial charge is 0.142 e. The van der Waals surface area contributed by atoms with Crippen molar-refractivity contribution >= 4 is 0 Å². The number of nitrogens with zero attached hydrogens (tertiary/aromatic N) is 2. The molecule has 7 rings (SSSR count). The van der Waals surface area contributed by atoms with Gasteiger partial charge in [0.15, 0.2) is 0 Å². The van der Waals surface area contributed by atoms with Crippen molar-refractivity contribution < 1.29 is 14.3 Å². The zero-order valence-electron chi connectivity index (χ0n) is 20.7. The fraction of sp³-hybridized carbons (Fsp3) is 0.323. The summed E-state index contributed by atoms with van der Waals surface area (Å²) in [6.45, 7) is 1.53. The lowest BCUT2D eigenvalue weighted by molar-refractivity contribution is 0.161. The molecule has 5 heteroatoms. The van der Waals surface area contributed by atoms with Gasteiger partial charge in [-0.3, -0.25) is 4.98 Å². The molecule has 3 aliphatic rings. The second-order valence-electron chi connectivity index (χ2n) is 10.8. The zero-order chi connectivity index (χ0) is 24.5. The summed E-state index contributed by atoms with van der Waals surface area (Å²) in [4.78, 5) is 6.29. The molecule has 3 atom stereocenters. The summed E-state index contributed by atoms with van der Waals surface area (Å²) in [6, 6.07) is 21.0. The summed E-state index contributed by atoms with van der Waals surface area (Å²) in [5.41, 5.74) is 6.62. The minimum Gasteiger partial charge on any atom is -0.492 e. The molecule has 0 aliphatic heterocycles. The first-order valence-electron chi connectivity index (χ1n) is 12.8. The average Bonchev–Trinajstić information content (AvgIpc) is 3.49. The van der Waals surface area contributed by atoms with Gasteiger partial charge in [-0.05, 0) is 92.5 Å². The summed E-state index contributed by atoms with van der Waals surface area (Å²) in [5, 5.41) is 10.8. The summed E-state index contributed by atoms with van der Waals surface area (Å²) < 4.78 is 12.4. The van der Waals surface area contributed by atoms with Crippen LogP contribution in [0, 0.1) is 5.92 Å². The Kier molecular flexibility index (Phi) is 4.73. The average molecular weight is 479 g/mol. The number of furan rings is 1. The van der Waals surface area contributed by atoms with Crippen LogP contribution >= 0.6 is 0 Å². The third-order valence-electron chi connectivity index (χ3n) is 8.52. The van der Waals surface area contributed by atoms with E-state index in [1.54, 1.807) is 12.4 Å². The van der Waals surface area contributed by atoms with E-state index in [2.05, 4.69) is 46.3 Å². The minimum absolute atomic E-state index is 0.0483. The van der Waals surface area contributed by atoms with Crippen LogP contribution in [0.5, 0.6) is 5.75 Å². The molecule has 4 aromatic rings. The van der Waals surface area contributed by atoms with Crippen LogP contribution < -0.4 is 4.74 Å². The number of pyridine rings is 1. The first kappa shape index (κ1) is 21.8. The topological polar surface area (TPSA) is 58.7 Å². The number of aliphatic hydroxyl groups is 1. The molecule has 0 saturated heterocycles. The molecule has 0 bridgehead atoms. The van der Waals surface area contributed by atoms with Crippen molar-refractivity contribution in [3.05, 3.63) is 84.2 Å². The standard InChI is InChI=1S/C31H30N2O3/c1-33(2)15-16-35-24-6-3-20(4-7-24)27-18-25(29(36-27)21-10-13-32-14-11-21)22-5-8-26-23(17-22)9-12-30(26)28-19-31(28,30)34/h3-8,10-11,13-14,17-18,28,34H,9,12,15-16,19H2,1-2H3. The molecule has 2 saturated carbocycles. The molecule has 2 heterocycles. The first-order chi connectivity index (χ1) is 17.5. The highest BCUT2D eigenvalue weighted by atomic mass is 16.5. The summed E-state index contributed by atoms with van der Waals surface area (Å²) in [5.74, 6) is 3.01. The van der Waals surface area contributed by atoms with E-state index in [9.17, 15) is 5.11 Å². The molecule has 3 unspecified atom stereocenters. The molecular weight excluding hydrogens is 448 g/mol. The number of ether oxygens (including phenoxy) is 1. The highest BCUT2D eigenvalue weighted by Gasteiger charge is 2.89. The van der Waals surface area contributed by atoms with Crippen molar-refractivity contribution in [2.24, 2.45) is 5.92 Å². The third-order valence-corrected chi connectivity index (χ3v) is 8.52. The van der Waals surface area contributed by atoms with Crippen LogP contribution in [0.1, 0.15) is 24.0 Å². The van der Waals surface area contributed by atoms with Crippen LogP contribution in [0.25, 0.3) is 33.8 Å². The number of rotatable bonds is 7. The Hall–Kier alpha value is -3.41. The zero-order valence-corrected chi connectivity index (χ0v) is 20.7. The van der Waals surface area contributed by atoms with Crippen molar-refractivity contribution in [3.8, 4) is 39.5 Å². The molecule has 5 nitrogen and oxygen atoms in total. The van der Waals surface area contributed by atoms with Crippen LogP contribution in [-0.4, -0.2) is 47.8 Å². The number of aryl methyl sites for hydroxylation is 1. The number of hydrogen-bond acceptors (Lipinski definition) is 5. The lowest BCUT2D eigenvalue weighted by Crippen LogP contribution is -2.22. The summed E-state index contributed by atoms with van der Waals surface area (Å²) in [7, 11) is 4.08. The van der Waals surface area contributed by atoms with Crippen LogP contribution in [0.15, 0.2) is 77.5 Å². The third kappa shape index (κ3) is 3.19. The maximum absolute atomic E-state index is 10.8. The summed E-state index contributed by atoms with van der Waals surface area (Å²) >= 11 is 0. The van der Waals surface area contributed by atoms with E-state index in [0.29, 0.717) is 12.5 Å². The Morgan fingerprint density at radius 1 is 1.00 bits per heavy atom. The quantitative estimate of drug-likeness (QED) is 0.377. The van der Waals surface area contributed by atoms with Gasteiger partial charge in [0.1, 0.15) is 23.9 Å². The number of fused-ring (bicyclic) bond motifs is 5. The maximum atomic E-state index is 10.8. The molecule has 0 amide bonds. The van der Waals surface area contributed by atoms with Gasteiger partial charge in [-0.2, -0.15) is 0 Å². The number of aromatic nitrogens is 1. The number of likely N-dealkylation sites (N-methyl/N-ethyl adjacent to an activating group) is 1. The predicted molar refractivity (Wildman–Crippen MR) is 140 cm³/mol. The highest BCUT2D eigenvalue weighted by molar-refractivity contribution is 5.84.